The van der Waals surface area contributed by atoms with Crippen LogP contribution in [0.15, 0.2) is 54.9 Å². The van der Waals surface area contributed by atoms with Crippen LogP contribution in [-0.2, 0) is 6.42 Å². The zero-order chi connectivity index (χ0) is 22.0. The predicted octanol–water partition coefficient (Wildman–Crippen LogP) is 6.27. The molecule has 0 saturated heterocycles. The van der Waals surface area contributed by atoms with E-state index in [1.807, 2.05) is 48.5 Å². The molecule has 0 aliphatic heterocycles. The van der Waals surface area contributed by atoms with E-state index in [9.17, 15) is 4.79 Å². The number of fused-ring (bicyclic) bond motifs is 1. The summed E-state index contributed by atoms with van der Waals surface area (Å²) in [5.74, 6) is 0.942. The first-order valence-corrected chi connectivity index (χ1v) is 11.1. The molecule has 4 aromatic rings. The van der Waals surface area contributed by atoms with Gasteiger partial charge < -0.3 is 16.4 Å². The fourth-order valence-corrected chi connectivity index (χ4v) is 4.63. The summed E-state index contributed by atoms with van der Waals surface area (Å²) < 4.78 is 0. The molecule has 0 atom stereocenters. The van der Waals surface area contributed by atoms with E-state index in [-0.39, 0.29) is 6.03 Å². The van der Waals surface area contributed by atoms with E-state index in [2.05, 4.69) is 41.4 Å². The van der Waals surface area contributed by atoms with Crippen LogP contribution in [0, 0.1) is 0 Å². The van der Waals surface area contributed by atoms with Crippen molar-refractivity contribution in [2.45, 2.75) is 33.1 Å². The third-order valence-electron chi connectivity index (χ3n) is 5.18. The Hall–Kier alpha value is -3.45. The molecule has 2 aromatic carbocycles. The fourth-order valence-electron chi connectivity index (χ4n) is 3.52. The number of benzene rings is 2. The van der Waals surface area contributed by atoms with Gasteiger partial charge in [0.1, 0.15) is 17.0 Å². The summed E-state index contributed by atoms with van der Waals surface area (Å²) in [5, 5.41) is 6.64. The van der Waals surface area contributed by atoms with Gasteiger partial charge in [0.25, 0.3) is 0 Å². The Morgan fingerprint density at radius 2 is 1.61 bits per heavy atom. The molecule has 0 bridgehead atoms. The molecular formula is C24H25N5OS. The van der Waals surface area contributed by atoms with E-state index in [0.717, 1.165) is 33.5 Å². The van der Waals surface area contributed by atoms with Crippen LogP contribution in [0.4, 0.5) is 22.0 Å². The summed E-state index contributed by atoms with van der Waals surface area (Å²) in [7, 11) is 0. The Morgan fingerprint density at radius 1 is 1.00 bits per heavy atom. The van der Waals surface area contributed by atoms with Gasteiger partial charge in [0.2, 0.25) is 0 Å². The first-order valence-electron chi connectivity index (χ1n) is 10.3. The molecule has 0 fully saturated rings. The zero-order valence-electron chi connectivity index (χ0n) is 17.8. The standard InChI is InChI=1S/C24H25N5OS/c1-4-19-20(21-22(25)26-13-27-23(21)31-19)16-7-11-18(12-8-16)29-24(30)28-17-9-5-15(6-10-17)14(2)3/h5-14H,4H2,1-3H3,(H2,25,26,27)(H2,28,29,30). The highest BCUT2D eigenvalue weighted by Crippen LogP contribution is 2.40. The number of aromatic nitrogens is 2. The summed E-state index contributed by atoms with van der Waals surface area (Å²) in [5.41, 5.74) is 10.9. The van der Waals surface area contributed by atoms with Crippen LogP contribution < -0.4 is 16.4 Å². The molecule has 0 radical (unpaired) electrons. The van der Waals surface area contributed by atoms with E-state index in [1.165, 1.54) is 16.8 Å². The first kappa shape index (κ1) is 20.8. The highest BCUT2D eigenvalue weighted by Gasteiger charge is 2.17. The Morgan fingerprint density at radius 3 is 2.19 bits per heavy atom. The lowest BCUT2D eigenvalue weighted by Crippen LogP contribution is -2.19. The third kappa shape index (κ3) is 4.36. The van der Waals surface area contributed by atoms with E-state index >= 15 is 0 Å². The predicted molar refractivity (Wildman–Crippen MR) is 130 cm³/mol. The lowest BCUT2D eigenvalue weighted by molar-refractivity contribution is 0.262. The number of amides is 2. The number of nitrogens with two attached hydrogens (primary N) is 1. The highest BCUT2D eigenvalue weighted by atomic mass is 32.1. The van der Waals surface area contributed by atoms with Gasteiger partial charge in [-0.2, -0.15) is 0 Å². The monoisotopic (exact) mass is 431 g/mol. The molecule has 0 aliphatic rings. The minimum Gasteiger partial charge on any atom is -0.383 e. The smallest absolute Gasteiger partial charge is 0.323 e. The van der Waals surface area contributed by atoms with Crippen molar-refractivity contribution in [3.63, 3.8) is 0 Å². The van der Waals surface area contributed by atoms with Crippen molar-refractivity contribution in [2.75, 3.05) is 16.4 Å². The second kappa shape index (κ2) is 8.73. The number of anilines is 3. The molecule has 2 heterocycles. The van der Waals surface area contributed by atoms with Crippen molar-refractivity contribution < 1.29 is 4.79 Å². The van der Waals surface area contributed by atoms with Gasteiger partial charge in [0, 0.05) is 21.8 Å². The normalized spacial score (nSPS) is 11.1. The van der Waals surface area contributed by atoms with Gasteiger partial charge >= 0.3 is 6.03 Å². The van der Waals surface area contributed by atoms with Crippen molar-refractivity contribution in [2.24, 2.45) is 0 Å². The number of hydrogen-bond donors (Lipinski definition) is 3. The van der Waals surface area contributed by atoms with Gasteiger partial charge in [0.15, 0.2) is 0 Å². The van der Waals surface area contributed by atoms with Gasteiger partial charge in [-0.25, -0.2) is 14.8 Å². The van der Waals surface area contributed by atoms with Crippen molar-refractivity contribution in [3.8, 4) is 11.1 Å². The van der Waals surface area contributed by atoms with Crippen molar-refractivity contribution in [1.29, 1.82) is 0 Å². The summed E-state index contributed by atoms with van der Waals surface area (Å²) in [6.45, 7) is 6.40. The second-order valence-electron chi connectivity index (χ2n) is 7.63. The number of nitrogen functional groups attached to an aromatic ring is 1. The largest absolute Gasteiger partial charge is 0.383 e. The summed E-state index contributed by atoms with van der Waals surface area (Å²) >= 11 is 1.64. The van der Waals surface area contributed by atoms with Crippen molar-refractivity contribution in [3.05, 3.63) is 65.3 Å². The number of hydrogen-bond acceptors (Lipinski definition) is 5. The Balaban J connectivity index is 1.51. The molecule has 2 aromatic heterocycles. The van der Waals surface area contributed by atoms with Crippen LogP contribution in [0.3, 0.4) is 0 Å². The Labute approximate surface area is 185 Å². The lowest BCUT2D eigenvalue weighted by atomic mass is 10.0. The molecule has 31 heavy (non-hydrogen) atoms. The number of carbonyl (C=O) groups excluding carboxylic acids is 1. The number of nitrogens with one attached hydrogen (secondary N) is 2. The summed E-state index contributed by atoms with van der Waals surface area (Å²) in [6, 6.07) is 15.4. The van der Waals surface area contributed by atoms with Crippen LogP contribution in [0.25, 0.3) is 21.3 Å². The van der Waals surface area contributed by atoms with E-state index in [4.69, 9.17) is 5.73 Å². The number of urea groups is 1. The minimum absolute atomic E-state index is 0.280. The van der Waals surface area contributed by atoms with Crippen LogP contribution >= 0.6 is 11.3 Å². The maximum Gasteiger partial charge on any atom is 0.323 e. The molecule has 158 valence electrons. The van der Waals surface area contributed by atoms with Gasteiger partial charge in [-0.05, 0) is 47.7 Å². The fraction of sp³-hybridized carbons (Fsp3) is 0.208. The first-order chi connectivity index (χ1) is 15.0. The van der Waals surface area contributed by atoms with Gasteiger partial charge in [-0.15, -0.1) is 11.3 Å². The van der Waals surface area contributed by atoms with Crippen molar-refractivity contribution in [1.82, 2.24) is 9.97 Å². The topological polar surface area (TPSA) is 92.9 Å². The number of thiophene rings is 1. The molecule has 0 spiro atoms. The Kier molecular flexibility index (Phi) is 5.86. The maximum atomic E-state index is 12.4. The lowest BCUT2D eigenvalue weighted by Gasteiger charge is -2.10. The van der Waals surface area contributed by atoms with Crippen LogP contribution in [0.1, 0.15) is 37.1 Å². The van der Waals surface area contributed by atoms with E-state index in [0.29, 0.717) is 17.4 Å². The number of nitrogens with zero attached hydrogens (tertiary/aromatic N) is 2. The molecule has 4 rings (SSSR count). The Bertz CT molecular complexity index is 1210. The number of carbonyl (C=O) groups is 1. The second-order valence-corrected chi connectivity index (χ2v) is 8.71. The SMILES string of the molecule is CCc1sc2ncnc(N)c2c1-c1ccc(NC(=O)Nc2ccc(C(C)C)cc2)cc1. The van der Waals surface area contributed by atoms with Gasteiger partial charge in [0.05, 0.1) is 5.39 Å². The number of rotatable bonds is 5. The van der Waals surface area contributed by atoms with Crippen molar-refractivity contribution >= 4 is 44.8 Å². The summed E-state index contributed by atoms with van der Waals surface area (Å²) in [4.78, 5) is 23.0. The molecule has 2 amide bonds. The summed E-state index contributed by atoms with van der Waals surface area (Å²) in [6.07, 6.45) is 2.38. The average Bonchev–Trinajstić information content (AvgIpc) is 3.14. The third-order valence-corrected chi connectivity index (χ3v) is 6.42. The van der Waals surface area contributed by atoms with E-state index < -0.39 is 0 Å². The molecule has 0 saturated carbocycles. The highest BCUT2D eigenvalue weighted by molar-refractivity contribution is 7.19. The minimum atomic E-state index is -0.280. The molecule has 0 aliphatic carbocycles. The number of aryl methyl sites for hydroxylation is 1. The van der Waals surface area contributed by atoms with E-state index in [1.54, 1.807) is 11.3 Å². The molecule has 7 heteroatoms. The molecular weight excluding hydrogens is 406 g/mol. The molecule has 6 nitrogen and oxygen atoms in total. The van der Waals surface area contributed by atoms with Crippen LogP contribution in [0.5, 0.6) is 0 Å². The van der Waals surface area contributed by atoms with Gasteiger partial charge in [-0.1, -0.05) is 45.0 Å². The van der Waals surface area contributed by atoms with Gasteiger partial charge in [-0.3, -0.25) is 0 Å². The van der Waals surface area contributed by atoms with Crippen LogP contribution in [-0.4, -0.2) is 16.0 Å². The quantitative estimate of drug-likeness (QED) is 0.347. The molecule has 0 unspecified atom stereocenters. The maximum absolute atomic E-state index is 12.4. The average molecular weight is 432 g/mol. The zero-order valence-corrected chi connectivity index (χ0v) is 18.6. The molecule has 4 N–H and O–H groups in total. The van der Waals surface area contributed by atoms with Crippen LogP contribution in [0.2, 0.25) is 0 Å².